The molecule has 0 saturated heterocycles. The molecular weight excluding hydrogens is 164 g/mol. The van der Waals surface area contributed by atoms with Crippen LogP contribution < -0.4 is 11.1 Å². The van der Waals surface area contributed by atoms with Gasteiger partial charge in [0, 0.05) is 0 Å². The van der Waals surface area contributed by atoms with Gasteiger partial charge in [0.15, 0.2) is 0 Å². The maximum atomic E-state index is 11.1. The van der Waals surface area contributed by atoms with Crippen molar-refractivity contribution in [3.8, 4) is 0 Å². The number of rotatable bonds is 7. The van der Waals surface area contributed by atoms with Gasteiger partial charge in [-0.05, 0) is 18.9 Å². The molecule has 0 aliphatic heterocycles. The third kappa shape index (κ3) is 4.88. The molecule has 0 aromatic heterocycles. The number of hydrogen-bond acceptors (Lipinski definition) is 2. The van der Waals surface area contributed by atoms with Gasteiger partial charge in [0.25, 0.3) is 0 Å². The molecule has 0 aromatic rings. The summed E-state index contributed by atoms with van der Waals surface area (Å²) in [5.41, 5.74) is 5.29. The van der Waals surface area contributed by atoms with Crippen molar-refractivity contribution in [3.05, 3.63) is 0 Å². The first-order valence-electron chi connectivity index (χ1n) is 5.16. The van der Waals surface area contributed by atoms with Gasteiger partial charge in [-0.1, -0.05) is 33.6 Å². The van der Waals surface area contributed by atoms with Crippen molar-refractivity contribution >= 4 is 5.91 Å². The second-order valence-electron chi connectivity index (χ2n) is 3.57. The van der Waals surface area contributed by atoms with Gasteiger partial charge in [0.05, 0.1) is 6.04 Å². The summed E-state index contributed by atoms with van der Waals surface area (Å²) in [6.45, 7) is 7.13. The van der Waals surface area contributed by atoms with Gasteiger partial charge in [-0.25, -0.2) is 0 Å². The van der Waals surface area contributed by atoms with Crippen molar-refractivity contribution < 1.29 is 4.79 Å². The lowest BCUT2D eigenvalue weighted by atomic mass is 9.98. The molecule has 3 nitrogen and oxygen atoms in total. The van der Waals surface area contributed by atoms with Crippen LogP contribution in [0.5, 0.6) is 0 Å². The van der Waals surface area contributed by atoms with Crippen LogP contribution in [0, 0.1) is 5.92 Å². The fourth-order valence-electron chi connectivity index (χ4n) is 1.25. The number of primary amides is 1. The molecule has 0 spiro atoms. The van der Waals surface area contributed by atoms with Crippen LogP contribution >= 0.6 is 0 Å². The molecule has 0 aliphatic carbocycles. The highest BCUT2D eigenvalue weighted by Gasteiger charge is 2.19. The number of carbonyl (C=O) groups excluding carboxylic acids is 1. The quantitative estimate of drug-likeness (QED) is 0.588. The topological polar surface area (TPSA) is 55.1 Å². The maximum Gasteiger partial charge on any atom is 0.234 e. The second-order valence-corrected chi connectivity index (χ2v) is 3.57. The van der Waals surface area contributed by atoms with Gasteiger partial charge in [-0.3, -0.25) is 4.79 Å². The van der Waals surface area contributed by atoms with Gasteiger partial charge >= 0.3 is 0 Å². The summed E-state index contributed by atoms with van der Waals surface area (Å²) in [6, 6.07) is -0.156. The smallest absolute Gasteiger partial charge is 0.234 e. The van der Waals surface area contributed by atoms with E-state index in [1.54, 1.807) is 0 Å². The molecule has 1 amide bonds. The molecule has 0 heterocycles. The maximum absolute atomic E-state index is 11.1. The highest BCUT2D eigenvalue weighted by Crippen LogP contribution is 2.07. The predicted octanol–water partition coefficient (Wildman–Crippen LogP) is 1.28. The second kappa shape index (κ2) is 6.89. The number of amides is 1. The first kappa shape index (κ1) is 12.4. The van der Waals surface area contributed by atoms with E-state index in [0.717, 1.165) is 25.8 Å². The van der Waals surface area contributed by atoms with Crippen molar-refractivity contribution in [2.75, 3.05) is 6.54 Å². The molecule has 0 aliphatic rings. The molecule has 0 fully saturated rings. The fraction of sp³-hybridized carbons (Fsp3) is 0.900. The van der Waals surface area contributed by atoms with Crippen molar-refractivity contribution in [1.29, 1.82) is 0 Å². The lowest BCUT2D eigenvalue weighted by molar-refractivity contribution is -0.121. The Kier molecular flexibility index (Phi) is 6.59. The monoisotopic (exact) mass is 186 g/mol. The standard InChI is InChI=1S/C10H22N2O/c1-4-6-7-12-9(10(11)13)8(3)5-2/h8-9,12H,4-7H2,1-3H3,(H2,11,13)/t8-,9-/m0/s1. The van der Waals surface area contributed by atoms with Crippen LogP contribution in [0.1, 0.15) is 40.0 Å². The fourth-order valence-corrected chi connectivity index (χ4v) is 1.25. The van der Waals surface area contributed by atoms with Gasteiger partial charge < -0.3 is 11.1 Å². The van der Waals surface area contributed by atoms with Gasteiger partial charge in [-0.15, -0.1) is 0 Å². The summed E-state index contributed by atoms with van der Waals surface area (Å²) < 4.78 is 0. The minimum atomic E-state index is -0.231. The summed E-state index contributed by atoms with van der Waals surface area (Å²) >= 11 is 0. The number of hydrogen-bond donors (Lipinski definition) is 2. The normalized spacial score (nSPS) is 15.3. The highest BCUT2D eigenvalue weighted by atomic mass is 16.1. The molecule has 0 rings (SSSR count). The lowest BCUT2D eigenvalue weighted by Crippen LogP contribution is -2.45. The van der Waals surface area contributed by atoms with E-state index < -0.39 is 0 Å². The Morgan fingerprint density at radius 2 is 2.08 bits per heavy atom. The van der Waals surface area contributed by atoms with Crippen molar-refractivity contribution in [3.63, 3.8) is 0 Å². The molecule has 78 valence electrons. The molecule has 13 heavy (non-hydrogen) atoms. The third-order valence-corrected chi connectivity index (χ3v) is 2.41. The Balaban J connectivity index is 3.88. The first-order chi connectivity index (χ1) is 6.13. The summed E-state index contributed by atoms with van der Waals surface area (Å²) in [5.74, 6) is 0.0970. The minimum absolute atomic E-state index is 0.156. The van der Waals surface area contributed by atoms with Gasteiger partial charge in [-0.2, -0.15) is 0 Å². The zero-order valence-electron chi connectivity index (χ0n) is 8.97. The average Bonchev–Trinajstić information content (AvgIpc) is 2.11. The van der Waals surface area contributed by atoms with Crippen molar-refractivity contribution in [1.82, 2.24) is 5.32 Å². The zero-order valence-corrected chi connectivity index (χ0v) is 8.97. The van der Waals surface area contributed by atoms with Crippen molar-refractivity contribution in [2.24, 2.45) is 11.7 Å². The van der Waals surface area contributed by atoms with E-state index in [-0.39, 0.29) is 11.9 Å². The molecule has 0 radical (unpaired) electrons. The Hall–Kier alpha value is -0.570. The van der Waals surface area contributed by atoms with Crippen LogP contribution in [-0.2, 0) is 4.79 Å². The van der Waals surface area contributed by atoms with E-state index in [2.05, 4.69) is 19.2 Å². The van der Waals surface area contributed by atoms with Crippen LogP contribution in [0.4, 0.5) is 0 Å². The molecule has 0 bridgehead atoms. The van der Waals surface area contributed by atoms with Crippen LogP contribution in [0.2, 0.25) is 0 Å². The van der Waals surface area contributed by atoms with Crippen LogP contribution in [0.25, 0.3) is 0 Å². The number of nitrogens with one attached hydrogen (secondary N) is 1. The van der Waals surface area contributed by atoms with Gasteiger partial charge in [0.2, 0.25) is 5.91 Å². The molecule has 0 aromatic carbocycles. The lowest BCUT2D eigenvalue weighted by Gasteiger charge is -2.20. The van der Waals surface area contributed by atoms with Crippen LogP contribution in [0.15, 0.2) is 0 Å². The Labute approximate surface area is 81.1 Å². The molecule has 0 saturated carbocycles. The predicted molar refractivity (Wildman–Crippen MR) is 55.3 cm³/mol. The van der Waals surface area contributed by atoms with E-state index >= 15 is 0 Å². The van der Waals surface area contributed by atoms with Crippen molar-refractivity contribution in [2.45, 2.75) is 46.1 Å². The number of unbranched alkanes of at least 4 members (excludes halogenated alkanes) is 1. The molecule has 2 atom stereocenters. The SMILES string of the molecule is CCCCN[C@H](C(N)=O)[C@@H](C)CC. The molecular formula is C10H22N2O. The van der Waals surface area contributed by atoms with E-state index in [0.29, 0.717) is 5.92 Å². The van der Waals surface area contributed by atoms with Crippen LogP contribution in [0.3, 0.4) is 0 Å². The highest BCUT2D eigenvalue weighted by molar-refractivity contribution is 5.80. The first-order valence-corrected chi connectivity index (χ1v) is 5.16. The summed E-state index contributed by atoms with van der Waals surface area (Å²) in [6.07, 6.45) is 3.21. The Morgan fingerprint density at radius 1 is 1.46 bits per heavy atom. The summed E-state index contributed by atoms with van der Waals surface area (Å²) in [7, 11) is 0. The van der Waals surface area contributed by atoms with E-state index in [1.165, 1.54) is 0 Å². The average molecular weight is 186 g/mol. The largest absolute Gasteiger partial charge is 0.368 e. The Morgan fingerprint density at radius 3 is 2.46 bits per heavy atom. The van der Waals surface area contributed by atoms with Gasteiger partial charge in [0.1, 0.15) is 0 Å². The molecule has 0 unspecified atom stereocenters. The number of nitrogens with two attached hydrogens (primary N) is 1. The van der Waals surface area contributed by atoms with E-state index in [4.69, 9.17) is 5.73 Å². The summed E-state index contributed by atoms with van der Waals surface area (Å²) in [5, 5.41) is 3.20. The zero-order chi connectivity index (χ0) is 10.3. The Bertz CT molecular complexity index is 148. The van der Waals surface area contributed by atoms with Crippen LogP contribution in [-0.4, -0.2) is 18.5 Å². The molecule has 3 heteroatoms. The van der Waals surface area contributed by atoms with E-state index in [9.17, 15) is 4.79 Å². The summed E-state index contributed by atoms with van der Waals surface area (Å²) in [4.78, 5) is 11.1. The minimum Gasteiger partial charge on any atom is -0.368 e. The third-order valence-electron chi connectivity index (χ3n) is 2.41. The molecule has 3 N–H and O–H groups in total. The number of carbonyl (C=O) groups is 1. The van der Waals surface area contributed by atoms with E-state index in [1.807, 2.05) is 6.92 Å².